The Morgan fingerprint density at radius 3 is 2.29 bits per heavy atom. The Bertz CT molecular complexity index is 997. The number of rotatable bonds is 8. The van der Waals surface area contributed by atoms with E-state index in [-0.39, 0.29) is 17.3 Å². The average molecular weight is 389 g/mol. The first kappa shape index (κ1) is 20.4. The zero-order valence-corrected chi connectivity index (χ0v) is 17.7. The molecule has 0 saturated carbocycles. The van der Waals surface area contributed by atoms with Gasteiger partial charge in [-0.25, -0.2) is 9.80 Å². The van der Waals surface area contributed by atoms with E-state index in [0.29, 0.717) is 17.1 Å². The molecule has 3 heterocycles. The maximum Gasteiger partial charge on any atom is 0.332 e. The topological polar surface area (TPSA) is 77.4 Å². The summed E-state index contributed by atoms with van der Waals surface area (Å²) in [6.07, 6.45) is 8.58. The van der Waals surface area contributed by atoms with Crippen molar-refractivity contribution in [1.82, 2.24) is 18.7 Å². The lowest BCUT2D eigenvalue weighted by Gasteiger charge is -2.29. The van der Waals surface area contributed by atoms with E-state index in [0.717, 1.165) is 29.7 Å². The van der Waals surface area contributed by atoms with Crippen molar-refractivity contribution < 1.29 is 0 Å². The highest BCUT2D eigenvalue weighted by molar-refractivity contribution is 5.90. The van der Waals surface area contributed by atoms with E-state index < -0.39 is 0 Å². The van der Waals surface area contributed by atoms with Crippen LogP contribution in [0.3, 0.4) is 0 Å². The van der Waals surface area contributed by atoms with Crippen molar-refractivity contribution in [2.75, 3.05) is 11.6 Å². The van der Waals surface area contributed by atoms with Crippen LogP contribution in [0, 0.1) is 0 Å². The molecule has 0 bridgehead atoms. The molecule has 0 aromatic carbocycles. The van der Waals surface area contributed by atoms with Crippen molar-refractivity contribution >= 4 is 22.8 Å². The minimum absolute atomic E-state index is 0.0736. The third-order valence-electron chi connectivity index (χ3n) is 5.75. The number of fused-ring (bicyclic) bond motifs is 3. The maximum absolute atomic E-state index is 12.8. The molecule has 0 spiro atoms. The summed E-state index contributed by atoms with van der Waals surface area (Å²) in [6, 6.07) is -0.0736. The van der Waals surface area contributed by atoms with Crippen molar-refractivity contribution in [3.63, 3.8) is 0 Å². The Kier molecular flexibility index (Phi) is 6.05. The van der Waals surface area contributed by atoms with Crippen LogP contribution in [-0.4, -0.2) is 30.9 Å². The molecule has 0 aliphatic carbocycles. The van der Waals surface area contributed by atoms with Crippen molar-refractivity contribution in [2.45, 2.75) is 71.8 Å². The lowest BCUT2D eigenvalue weighted by molar-refractivity contribution is 0.571. The monoisotopic (exact) mass is 388 g/mol. The van der Waals surface area contributed by atoms with Crippen LogP contribution in [-0.2, 0) is 14.1 Å². The van der Waals surface area contributed by atoms with Crippen LogP contribution < -0.4 is 16.3 Å². The fourth-order valence-electron chi connectivity index (χ4n) is 3.83. The Labute approximate surface area is 165 Å². The summed E-state index contributed by atoms with van der Waals surface area (Å²) in [5.74, 6) is 0.650. The molecule has 1 aliphatic rings. The van der Waals surface area contributed by atoms with Crippen LogP contribution in [0.2, 0.25) is 0 Å². The van der Waals surface area contributed by atoms with Crippen LogP contribution in [0.5, 0.6) is 0 Å². The van der Waals surface area contributed by atoms with Crippen molar-refractivity contribution in [3.05, 3.63) is 20.8 Å². The molecule has 0 fully saturated rings. The quantitative estimate of drug-likeness (QED) is 0.652. The summed E-state index contributed by atoms with van der Waals surface area (Å²) in [4.78, 5) is 29.8. The smallest absolute Gasteiger partial charge is 0.294 e. The highest BCUT2D eigenvalue weighted by Crippen LogP contribution is 2.29. The standard InChI is InChI=1S/C20H32N6O2/c1-6-7-8-9-10-11-12-13-25-19-21-17-16(26(19)15(3)14(2)22-25)18(27)24(5)20(28)23(17)4/h15H,6-13H2,1-5H3/t15-/m0/s1. The van der Waals surface area contributed by atoms with E-state index >= 15 is 0 Å². The molecular formula is C20H32N6O2. The zero-order chi connectivity index (χ0) is 20.4. The molecule has 0 amide bonds. The van der Waals surface area contributed by atoms with Gasteiger partial charge in [0.1, 0.15) is 0 Å². The molecule has 2 aromatic rings. The predicted octanol–water partition coefficient (Wildman–Crippen LogP) is 2.94. The van der Waals surface area contributed by atoms with Gasteiger partial charge in [0.05, 0.1) is 11.8 Å². The van der Waals surface area contributed by atoms with Gasteiger partial charge in [-0.2, -0.15) is 10.1 Å². The van der Waals surface area contributed by atoms with Gasteiger partial charge >= 0.3 is 5.69 Å². The van der Waals surface area contributed by atoms with Crippen molar-refractivity contribution in [3.8, 4) is 0 Å². The zero-order valence-electron chi connectivity index (χ0n) is 17.7. The van der Waals surface area contributed by atoms with Crippen molar-refractivity contribution in [2.24, 2.45) is 19.2 Å². The minimum atomic E-state index is -0.364. The molecule has 8 heteroatoms. The molecule has 154 valence electrons. The third kappa shape index (κ3) is 3.52. The molecule has 8 nitrogen and oxygen atoms in total. The normalized spacial score (nSPS) is 16.5. The van der Waals surface area contributed by atoms with Gasteiger partial charge in [-0.3, -0.25) is 18.5 Å². The number of nitrogens with zero attached hydrogens (tertiary/aromatic N) is 6. The third-order valence-corrected chi connectivity index (χ3v) is 5.75. The lowest BCUT2D eigenvalue weighted by atomic mass is 10.1. The van der Waals surface area contributed by atoms with Gasteiger partial charge in [-0.15, -0.1) is 0 Å². The number of anilines is 1. The Hall–Kier alpha value is -2.38. The molecule has 3 rings (SSSR count). The SMILES string of the molecule is CCCCCCCCCN1N=C(C)[C@H](C)n2c1nc1c2c(=O)n(C)c(=O)n1C. The molecule has 28 heavy (non-hydrogen) atoms. The van der Waals surface area contributed by atoms with Gasteiger partial charge in [0.15, 0.2) is 11.2 Å². The molecule has 1 atom stereocenters. The number of unbranched alkanes of at least 4 members (excludes halogenated alkanes) is 6. The second-order valence-electron chi connectivity index (χ2n) is 7.82. The Morgan fingerprint density at radius 2 is 1.61 bits per heavy atom. The number of aryl methyl sites for hydroxylation is 1. The van der Waals surface area contributed by atoms with E-state index in [1.165, 1.54) is 43.7 Å². The number of hydrogen-bond acceptors (Lipinski definition) is 5. The van der Waals surface area contributed by atoms with Crippen LogP contribution >= 0.6 is 0 Å². The van der Waals surface area contributed by atoms with Crippen molar-refractivity contribution in [1.29, 1.82) is 0 Å². The average Bonchev–Trinajstić information content (AvgIpc) is 3.09. The number of hydrogen-bond donors (Lipinski definition) is 0. The van der Waals surface area contributed by atoms with E-state index in [2.05, 4.69) is 11.9 Å². The van der Waals surface area contributed by atoms with E-state index in [4.69, 9.17) is 5.10 Å². The lowest BCUT2D eigenvalue weighted by Crippen LogP contribution is -2.38. The molecular weight excluding hydrogens is 356 g/mol. The summed E-state index contributed by atoms with van der Waals surface area (Å²) in [5, 5.41) is 6.62. The van der Waals surface area contributed by atoms with Gasteiger partial charge in [0, 0.05) is 20.6 Å². The van der Waals surface area contributed by atoms with Crippen LogP contribution in [0.1, 0.15) is 71.8 Å². The summed E-state index contributed by atoms with van der Waals surface area (Å²) < 4.78 is 4.52. The van der Waals surface area contributed by atoms with Gasteiger partial charge in [-0.05, 0) is 20.3 Å². The molecule has 0 radical (unpaired) electrons. The number of aromatic nitrogens is 4. The first-order valence-corrected chi connectivity index (χ1v) is 10.4. The van der Waals surface area contributed by atoms with Crippen LogP contribution in [0.4, 0.5) is 5.95 Å². The van der Waals surface area contributed by atoms with E-state index in [9.17, 15) is 9.59 Å². The molecule has 1 aliphatic heterocycles. The molecule has 2 aromatic heterocycles. The highest BCUT2D eigenvalue weighted by atomic mass is 16.2. The van der Waals surface area contributed by atoms with Gasteiger partial charge in [0.2, 0.25) is 5.95 Å². The minimum Gasteiger partial charge on any atom is -0.294 e. The second kappa shape index (κ2) is 8.32. The summed E-state index contributed by atoms with van der Waals surface area (Å²) >= 11 is 0. The molecule has 0 unspecified atom stereocenters. The molecule has 0 N–H and O–H groups in total. The summed E-state index contributed by atoms with van der Waals surface area (Å²) in [5.41, 5.74) is 1.15. The summed E-state index contributed by atoms with van der Waals surface area (Å²) in [7, 11) is 3.16. The van der Waals surface area contributed by atoms with E-state index in [1.807, 2.05) is 23.4 Å². The predicted molar refractivity (Wildman–Crippen MR) is 113 cm³/mol. The highest BCUT2D eigenvalue weighted by Gasteiger charge is 2.29. The fraction of sp³-hybridized carbons (Fsp3) is 0.700. The first-order valence-electron chi connectivity index (χ1n) is 10.4. The maximum atomic E-state index is 12.8. The van der Waals surface area contributed by atoms with Crippen LogP contribution in [0.25, 0.3) is 11.2 Å². The fourth-order valence-corrected chi connectivity index (χ4v) is 3.83. The second-order valence-corrected chi connectivity index (χ2v) is 7.82. The Morgan fingerprint density at radius 1 is 0.964 bits per heavy atom. The Balaban J connectivity index is 1.88. The van der Waals surface area contributed by atoms with E-state index in [1.54, 1.807) is 7.05 Å². The van der Waals surface area contributed by atoms with Crippen LogP contribution in [0.15, 0.2) is 14.7 Å². The van der Waals surface area contributed by atoms with Gasteiger partial charge < -0.3 is 0 Å². The number of hydrazone groups is 1. The van der Waals surface area contributed by atoms with Gasteiger partial charge in [-0.1, -0.05) is 45.4 Å². The largest absolute Gasteiger partial charge is 0.332 e. The first-order chi connectivity index (χ1) is 13.4. The number of imidazole rings is 1. The molecule has 0 saturated heterocycles. The summed E-state index contributed by atoms with van der Waals surface area (Å²) in [6.45, 7) is 6.98. The van der Waals surface area contributed by atoms with Gasteiger partial charge in [0.25, 0.3) is 5.56 Å².